The molecule has 3 atom stereocenters. The standard InChI is InChI=1S/C11H18N2O2/c14-11(10-2-1-5-15-10)13-6-8-3-4-12-9(8)7-13/h8-10,12H,1-7H2/t8-,9+,10?/m1/s1. The molecule has 4 nitrogen and oxygen atoms in total. The summed E-state index contributed by atoms with van der Waals surface area (Å²) in [6.45, 7) is 3.71. The van der Waals surface area contributed by atoms with Crippen LogP contribution in [-0.4, -0.2) is 49.2 Å². The molecular formula is C11H18N2O2. The first-order valence-electron chi connectivity index (χ1n) is 5.98. The van der Waals surface area contributed by atoms with Gasteiger partial charge in [0.05, 0.1) is 0 Å². The predicted octanol–water partition coefficient (Wildman–Crippen LogP) is -0.0143. The Morgan fingerprint density at radius 3 is 3.00 bits per heavy atom. The van der Waals surface area contributed by atoms with Crippen LogP contribution in [0.2, 0.25) is 0 Å². The van der Waals surface area contributed by atoms with E-state index in [4.69, 9.17) is 4.74 Å². The van der Waals surface area contributed by atoms with E-state index in [2.05, 4.69) is 5.32 Å². The molecule has 0 aliphatic carbocycles. The third-order valence-corrected chi connectivity index (χ3v) is 3.88. The second-order valence-corrected chi connectivity index (χ2v) is 4.85. The molecule has 1 N–H and O–H groups in total. The number of hydrogen-bond donors (Lipinski definition) is 1. The van der Waals surface area contributed by atoms with Gasteiger partial charge in [-0.25, -0.2) is 0 Å². The number of fused-ring (bicyclic) bond motifs is 1. The van der Waals surface area contributed by atoms with Gasteiger partial charge in [-0.15, -0.1) is 0 Å². The van der Waals surface area contributed by atoms with Gasteiger partial charge in [-0.05, 0) is 31.7 Å². The van der Waals surface area contributed by atoms with Gasteiger partial charge in [-0.3, -0.25) is 4.79 Å². The van der Waals surface area contributed by atoms with E-state index in [9.17, 15) is 4.79 Å². The molecule has 1 amide bonds. The zero-order valence-corrected chi connectivity index (χ0v) is 8.95. The molecule has 0 radical (unpaired) electrons. The second kappa shape index (κ2) is 3.76. The zero-order chi connectivity index (χ0) is 10.3. The molecule has 1 unspecified atom stereocenters. The van der Waals surface area contributed by atoms with Crippen molar-refractivity contribution in [2.24, 2.45) is 5.92 Å². The van der Waals surface area contributed by atoms with Crippen LogP contribution in [0.15, 0.2) is 0 Å². The normalized spacial score (nSPS) is 39.7. The monoisotopic (exact) mass is 210 g/mol. The summed E-state index contributed by atoms with van der Waals surface area (Å²) >= 11 is 0. The maximum atomic E-state index is 12.1. The fraction of sp³-hybridized carbons (Fsp3) is 0.909. The summed E-state index contributed by atoms with van der Waals surface area (Å²) in [5.41, 5.74) is 0. The molecule has 4 heteroatoms. The Morgan fingerprint density at radius 1 is 1.33 bits per heavy atom. The van der Waals surface area contributed by atoms with E-state index in [1.807, 2.05) is 4.90 Å². The number of nitrogens with zero attached hydrogens (tertiary/aromatic N) is 1. The minimum atomic E-state index is -0.135. The maximum Gasteiger partial charge on any atom is 0.251 e. The molecule has 0 aromatic rings. The largest absolute Gasteiger partial charge is 0.368 e. The average Bonchev–Trinajstić information content (AvgIpc) is 2.92. The van der Waals surface area contributed by atoms with Crippen molar-refractivity contribution >= 4 is 5.91 Å². The molecule has 15 heavy (non-hydrogen) atoms. The fourth-order valence-electron chi connectivity index (χ4n) is 3.01. The second-order valence-electron chi connectivity index (χ2n) is 4.85. The van der Waals surface area contributed by atoms with Gasteiger partial charge in [0.2, 0.25) is 0 Å². The van der Waals surface area contributed by atoms with Crippen LogP contribution in [0.4, 0.5) is 0 Å². The van der Waals surface area contributed by atoms with Gasteiger partial charge < -0.3 is 15.0 Å². The number of amides is 1. The third-order valence-electron chi connectivity index (χ3n) is 3.88. The quantitative estimate of drug-likeness (QED) is 0.661. The number of hydrogen-bond acceptors (Lipinski definition) is 3. The van der Waals surface area contributed by atoms with Gasteiger partial charge in [-0.2, -0.15) is 0 Å². The molecule has 3 heterocycles. The highest BCUT2D eigenvalue weighted by atomic mass is 16.5. The lowest BCUT2D eigenvalue weighted by Crippen LogP contribution is -2.39. The lowest BCUT2D eigenvalue weighted by atomic mass is 10.1. The van der Waals surface area contributed by atoms with Crippen molar-refractivity contribution in [1.29, 1.82) is 0 Å². The highest BCUT2D eigenvalue weighted by molar-refractivity contribution is 5.81. The average molecular weight is 210 g/mol. The van der Waals surface area contributed by atoms with Crippen LogP contribution in [-0.2, 0) is 9.53 Å². The Bertz CT molecular complexity index is 251. The lowest BCUT2D eigenvalue weighted by molar-refractivity contribution is -0.140. The van der Waals surface area contributed by atoms with Crippen molar-refractivity contribution < 1.29 is 9.53 Å². The molecule has 3 saturated heterocycles. The Balaban J connectivity index is 1.61. The molecule has 0 aromatic heterocycles. The highest BCUT2D eigenvalue weighted by Gasteiger charge is 2.40. The maximum absolute atomic E-state index is 12.1. The van der Waals surface area contributed by atoms with E-state index in [0.717, 1.165) is 39.1 Å². The molecule has 0 saturated carbocycles. The first-order valence-corrected chi connectivity index (χ1v) is 5.98. The smallest absolute Gasteiger partial charge is 0.251 e. The minimum Gasteiger partial charge on any atom is -0.368 e. The number of rotatable bonds is 1. The Kier molecular flexibility index (Phi) is 2.41. The van der Waals surface area contributed by atoms with Crippen LogP contribution in [0.1, 0.15) is 19.3 Å². The molecule has 0 spiro atoms. The number of likely N-dealkylation sites (tertiary alicyclic amines) is 1. The van der Waals surface area contributed by atoms with Crippen molar-refractivity contribution in [2.45, 2.75) is 31.4 Å². The molecule has 3 aliphatic rings. The summed E-state index contributed by atoms with van der Waals surface area (Å²) in [4.78, 5) is 14.0. The minimum absolute atomic E-state index is 0.135. The summed E-state index contributed by atoms with van der Waals surface area (Å²) in [5, 5.41) is 3.46. The Labute approximate surface area is 90.0 Å². The van der Waals surface area contributed by atoms with Crippen LogP contribution < -0.4 is 5.32 Å². The van der Waals surface area contributed by atoms with Crippen LogP contribution in [0, 0.1) is 5.92 Å². The van der Waals surface area contributed by atoms with Crippen LogP contribution in [0.25, 0.3) is 0 Å². The predicted molar refractivity (Wildman–Crippen MR) is 55.5 cm³/mol. The van der Waals surface area contributed by atoms with Gasteiger partial charge in [0.25, 0.3) is 5.91 Å². The molecule has 84 valence electrons. The fourth-order valence-corrected chi connectivity index (χ4v) is 3.01. The van der Waals surface area contributed by atoms with E-state index in [0.29, 0.717) is 12.0 Å². The Morgan fingerprint density at radius 2 is 2.27 bits per heavy atom. The first kappa shape index (κ1) is 9.60. The summed E-state index contributed by atoms with van der Waals surface area (Å²) in [6, 6.07) is 0.551. The van der Waals surface area contributed by atoms with E-state index in [-0.39, 0.29) is 12.0 Å². The van der Waals surface area contributed by atoms with Crippen molar-refractivity contribution in [2.75, 3.05) is 26.2 Å². The van der Waals surface area contributed by atoms with Gasteiger partial charge in [-0.1, -0.05) is 0 Å². The van der Waals surface area contributed by atoms with Crippen LogP contribution in [0.5, 0.6) is 0 Å². The van der Waals surface area contributed by atoms with E-state index in [1.165, 1.54) is 6.42 Å². The topological polar surface area (TPSA) is 41.6 Å². The van der Waals surface area contributed by atoms with Crippen molar-refractivity contribution in [3.05, 3.63) is 0 Å². The Hall–Kier alpha value is -0.610. The van der Waals surface area contributed by atoms with Crippen molar-refractivity contribution in [1.82, 2.24) is 10.2 Å². The van der Waals surface area contributed by atoms with E-state index < -0.39 is 0 Å². The van der Waals surface area contributed by atoms with Gasteiger partial charge in [0.15, 0.2) is 0 Å². The summed E-state index contributed by atoms with van der Waals surface area (Å²) < 4.78 is 5.44. The van der Waals surface area contributed by atoms with E-state index in [1.54, 1.807) is 0 Å². The molecule has 3 rings (SSSR count). The number of carbonyl (C=O) groups is 1. The highest BCUT2D eigenvalue weighted by Crippen LogP contribution is 2.26. The zero-order valence-electron chi connectivity index (χ0n) is 8.95. The first-order chi connectivity index (χ1) is 7.34. The van der Waals surface area contributed by atoms with Crippen molar-refractivity contribution in [3.63, 3.8) is 0 Å². The van der Waals surface area contributed by atoms with Crippen LogP contribution >= 0.6 is 0 Å². The van der Waals surface area contributed by atoms with Gasteiger partial charge >= 0.3 is 0 Å². The molecule has 3 fully saturated rings. The molecule has 0 aromatic carbocycles. The molecular weight excluding hydrogens is 192 g/mol. The number of carbonyl (C=O) groups excluding carboxylic acids is 1. The van der Waals surface area contributed by atoms with Crippen LogP contribution in [0.3, 0.4) is 0 Å². The molecule has 0 bridgehead atoms. The summed E-state index contributed by atoms with van der Waals surface area (Å²) in [6.07, 6.45) is 3.04. The number of ether oxygens (including phenoxy) is 1. The number of nitrogens with one attached hydrogen (secondary N) is 1. The van der Waals surface area contributed by atoms with Gasteiger partial charge in [0.1, 0.15) is 6.10 Å². The SMILES string of the molecule is O=C(C1CCCO1)N1C[C@H]2CCN[C@H]2C1. The van der Waals surface area contributed by atoms with Gasteiger partial charge in [0, 0.05) is 25.7 Å². The van der Waals surface area contributed by atoms with Crippen molar-refractivity contribution in [3.8, 4) is 0 Å². The summed E-state index contributed by atoms with van der Waals surface area (Å²) in [5.74, 6) is 0.916. The summed E-state index contributed by atoms with van der Waals surface area (Å²) in [7, 11) is 0. The van der Waals surface area contributed by atoms with E-state index >= 15 is 0 Å². The third kappa shape index (κ3) is 1.66. The molecule has 3 aliphatic heterocycles. The lowest BCUT2D eigenvalue weighted by Gasteiger charge is -2.20.